The van der Waals surface area contributed by atoms with Crippen molar-refractivity contribution in [3.05, 3.63) is 60.3 Å². The third-order valence-electron chi connectivity index (χ3n) is 4.14. The van der Waals surface area contributed by atoms with Crippen LogP contribution in [0, 0.1) is 0 Å². The second-order valence-corrected chi connectivity index (χ2v) is 6.60. The van der Waals surface area contributed by atoms with Gasteiger partial charge in [-0.25, -0.2) is 4.68 Å². The number of benzene rings is 2. The molecule has 0 saturated carbocycles. The third kappa shape index (κ3) is 5.94. The quantitative estimate of drug-likeness (QED) is 0.533. The number of ketones is 1. The molecule has 0 bridgehead atoms. The highest BCUT2D eigenvalue weighted by molar-refractivity contribution is 5.95. The van der Waals surface area contributed by atoms with Crippen LogP contribution < -0.4 is 9.47 Å². The van der Waals surface area contributed by atoms with Crippen LogP contribution in [0.2, 0.25) is 0 Å². The molecule has 0 fully saturated rings. The van der Waals surface area contributed by atoms with E-state index >= 15 is 0 Å². The zero-order valence-electron chi connectivity index (χ0n) is 18.1. The molecule has 1 heterocycles. The molecule has 0 spiro atoms. The number of aliphatic hydroxyl groups is 1. The van der Waals surface area contributed by atoms with Gasteiger partial charge in [-0.15, -0.1) is 0 Å². The van der Waals surface area contributed by atoms with E-state index in [0.29, 0.717) is 17.9 Å². The summed E-state index contributed by atoms with van der Waals surface area (Å²) in [5.41, 5.74) is 2.99. The van der Waals surface area contributed by atoms with Crippen LogP contribution in [0.3, 0.4) is 0 Å². The molecule has 2 aromatic carbocycles. The van der Waals surface area contributed by atoms with Crippen LogP contribution in [-0.4, -0.2) is 41.0 Å². The van der Waals surface area contributed by atoms with Crippen LogP contribution in [-0.2, 0) is 0 Å². The van der Waals surface area contributed by atoms with E-state index in [4.69, 9.17) is 14.6 Å². The lowest BCUT2D eigenvalue weighted by atomic mass is 10.1. The minimum atomic E-state index is -0.0333. The van der Waals surface area contributed by atoms with Crippen LogP contribution in [0.1, 0.15) is 44.1 Å². The molecule has 0 aliphatic heterocycles. The Morgan fingerprint density at radius 2 is 1.60 bits per heavy atom. The Kier molecular flexibility index (Phi) is 9.09. The summed E-state index contributed by atoms with van der Waals surface area (Å²) in [6.45, 7) is 6.29. The summed E-state index contributed by atoms with van der Waals surface area (Å²) in [6, 6.07) is 16.8. The lowest BCUT2D eigenvalue weighted by molar-refractivity contribution is 0.0983. The van der Waals surface area contributed by atoms with Gasteiger partial charge < -0.3 is 14.6 Å². The molecule has 0 amide bonds. The second kappa shape index (κ2) is 11.8. The third-order valence-corrected chi connectivity index (χ3v) is 4.14. The maximum Gasteiger partial charge on any atom is 0.182 e. The topological polar surface area (TPSA) is 73.6 Å². The fourth-order valence-electron chi connectivity index (χ4n) is 2.71. The molecule has 0 aliphatic carbocycles. The average molecular weight is 411 g/mol. The van der Waals surface area contributed by atoms with Gasteiger partial charge >= 0.3 is 0 Å². The summed E-state index contributed by atoms with van der Waals surface area (Å²) >= 11 is 0. The molecule has 0 saturated heterocycles. The first-order chi connectivity index (χ1) is 14.6. The maximum atomic E-state index is 12.2. The van der Waals surface area contributed by atoms with E-state index in [1.165, 1.54) is 6.42 Å². The van der Waals surface area contributed by atoms with Crippen molar-refractivity contribution in [2.75, 3.05) is 20.3 Å². The van der Waals surface area contributed by atoms with E-state index in [-0.39, 0.29) is 19.0 Å². The molecule has 6 nitrogen and oxygen atoms in total. The Hall–Kier alpha value is -3.12. The van der Waals surface area contributed by atoms with Crippen molar-refractivity contribution in [1.82, 2.24) is 9.78 Å². The smallest absolute Gasteiger partial charge is 0.182 e. The molecule has 30 heavy (non-hydrogen) atoms. The fraction of sp³-hybridized carbons (Fsp3) is 0.333. The predicted octanol–water partition coefficient (Wildman–Crippen LogP) is 4.93. The Morgan fingerprint density at radius 1 is 1.00 bits per heavy atom. The van der Waals surface area contributed by atoms with E-state index in [9.17, 15) is 4.79 Å². The summed E-state index contributed by atoms with van der Waals surface area (Å²) in [7, 11) is 1.62. The Morgan fingerprint density at radius 3 is 2.13 bits per heavy atom. The second-order valence-electron chi connectivity index (χ2n) is 6.60. The zero-order valence-corrected chi connectivity index (χ0v) is 18.1. The highest BCUT2D eigenvalue weighted by Gasteiger charge is 2.16. The lowest BCUT2D eigenvalue weighted by Crippen LogP contribution is -2.03. The molecule has 6 heteroatoms. The first kappa shape index (κ1) is 23.2. The molecular formula is C24H30N2O4. The van der Waals surface area contributed by atoms with Crippen molar-refractivity contribution in [3.63, 3.8) is 0 Å². The number of carbonyl (C=O) groups is 1. The maximum absolute atomic E-state index is 12.2. The molecule has 160 valence electrons. The number of aromatic nitrogens is 2. The van der Waals surface area contributed by atoms with Gasteiger partial charge in [0.25, 0.3) is 0 Å². The van der Waals surface area contributed by atoms with E-state index in [2.05, 4.69) is 18.9 Å². The van der Waals surface area contributed by atoms with Crippen LogP contribution in [0.4, 0.5) is 0 Å². The highest BCUT2D eigenvalue weighted by atomic mass is 16.5. The Balaban J connectivity index is 0.00000101. The predicted molar refractivity (Wildman–Crippen MR) is 119 cm³/mol. The van der Waals surface area contributed by atoms with Gasteiger partial charge in [0, 0.05) is 12.0 Å². The van der Waals surface area contributed by atoms with Gasteiger partial charge in [0.15, 0.2) is 5.78 Å². The first-order valence-electron chi connectivity index (χ1n) is 10.2. The SMILES string of the molecule is CCC.CCC(=O)c1cc(-c2ccc(OCCO)cc2)n(-c2ccc(OC)cc2)n1. The summed E-state index contributed by atoms with van der Waals surface area (Å²) < 4.78 is 12.4. The highest BCUT2D eigenvalue weighted by Crippen LogP contribution is 2.27. The minimum Gasteiger partial charge on any atom is -0.497 e. The average Bonchev–Trinajstić information content (AvgIpc) is 3.23. The molecule has 0 radical (unpaired) electrons. The van der Waals surface area contributed by atoms with Crippen molar-refractivity contribution in [2.24, 2.45) is 0 Å². The number of carbonyl (C=O) groups excluding carboxylic acids is 1. The standard InChI is InChI=1S/C21H22N2O4.C3H8/c1-3-21(25)19-14-20(15-4-8-18(9-5-15)27-13-12-24)23(22-19)16-6-10-17(26-2)11-7-16;1-3-2/h4-11,14,24H,3,12-13H2,1-2H3;3H2,1-2H3. The van der Waals surface area contributed by atoms with Crippen molar-refractivity contribution in [1.29, 1.82) is 0 Å². The fourth-order valence-corrected chi connectivity index (χ4v) is 2.71. The number of rotatable bonds is 8. The number of nitrogens with zero attached hydrogens (tertiary/aromatic N) is 2. The van der Waals surface area contributed by atoms with Gasteiger partial charge in [0.1, 0.15) is 23.8 Å². The number of methoxy groups -OCH3 is 1. The number of hydrogen-bond acceptors (Lipinski definition) is 5. The number of Topliss-reactive ketones (excluding diaryl/α,β-unsaturated/α-hetero) is 1. The summed E-state index contributed by atoms with van der Waals surface area (Å²) in [5, 5.41) is 13.4. The first-order valence-corrected chi connectivity index (χ1v) is 10.2. The molecule has 1 N–H and O–H groups in total. The lowest BCUT2D eigenvalue weighted by Gasteiger charge is -2.09. The van der Waals surface area contributed by atoms with Gasteiger partial charge in [0.05, 0.1) is 25.1 Å². The number of hydrogen-bond donors (Lipinski definition) is 1. The van der Waals surface area contributed by atoms with Crippen LogP contribution >= 0.6 is 0 Å². The normalized spacial score (nSPS) is 10.2. The van der Waals surface area contributed by atoms with E-state index in [0.717, 1.165) is 22.7 Å². The van der Waals surface area contributed by atoms with Crippen molar-refractivity contribution >= 4 is 5.78 Å². The van der Waals surface area contributed by atoms with Crippen LogP contribution in [0.25, 0.3) is 16.9 Å². The summed E-state index contributed by atoms with van der Waals surface area (Å²) in [6.07, 6.45) is 1.65. The van der Waals surface area contributed by atoms with Gasteiger partial charge in [-0.05, 0) is 54.6 Å². The molecule has 0 unspecified atom stereocenters. The number of aliphatic hydroxyl groups excluding tert-OH is 1. The molecular weight excluding hydrogens is 380 g/mol. The monoisotopic (exact) mass is 410 g/mol. The number of ether oxygens (including phenoxy) is 2. The van der Waals surface area contributed by atoms with Crippen LogP contribution in [0.15, 0.2) is 54.6 Å². The summed E-state index contributed by atoms with van der Waals surface area (Å²) in [5.74, 6) is 1.42. The van der Waals surface area contributed by atoms with Crippen LogP contribution in [0.5, 0.6) is 11.5 Å². The van der Waals surface area contributed by atoms with Crippen molar-refractivity contribution in [2.45, 2.75) is 33.6 Å². The Bertz CT molecular complexity index is 915. The Labute approximate surface area is 178 Å². The van der Waals surface area contributed by atoms with E-state index < -0.39 is 0 Å². The molecule has 1 aromatic heterocycles. The van der Waals surface area contributed by atoms with Gasteiger partial charge in [-0.1, -0.05) is 27.2 Å². The molecule has 3 rings (SSSR count). The van der Waals surface area contributed by atoms with Gasteiger partial charge in [-0.3, -0.25) is 4.79 Å². The molecule has 3 aromatic rings. The van der Waals surface area contributed by atoms with Gasteiger partial charge in [0.2, 0.25) is 0 Å². The summed E-state index contributed by atoms with van der Waals surface area (Å²) in [4.78, 5) is 12.2. The van der Waals surface area contributed by atoms with E-state index in [1.54, 1.807) is 17.9 Å². The van der Waals surface area contributed by atoms with Crippen molar-refractivity contribution < 1.29 is 19.4 Å². The van der Waals surface area contributed by atoms with Gasteiger partial charge in [-0.2, -0.15) is 5.10 Å². The molecule has 0 aliphatic rings. The largest absolute Gasteiger partial charge is 0.497 e. The molecule has 0 atom stereocenters. The minimum absolute atomic E-state index is 0.00795. The zero-order chi connectivity index (χ0) is 21.9. The van der Waals surface area contributed by atoms with Crippen molar-refractivity contribution in [3.8, 4) is 28.4 Å². The van der Waals surface area contributed by atoms with E-state index in [1.807, 2.05) is 55.5 Å².